The Bertz CT molecular complexity index is 596. The van der Waals surface area contributed by atoms with Crippen molar-refractivity contribution < 1.29 is 9.59 Å². The van der Waals surface area contributed by atoms with E-state index in [0.717, 1.165) is 19.5 Å². The zero-order chi connectivity index (χ0) is 16.2. The van der Waals surface area contributed by atoms with Crippen LogP contribution in [0.2, 0.25) is 0 Å². The fourth-order valence-electron chi connectivity index (χ4n) is 3.25. The summed E-state index contributed by atoms with van der Waals surface area (Å²) in [4.78, 5) is 28.2. The lowest BCUT2D eigenvalue weighted by molar-refractivity contribution is -0.132. The number of hydrogen-bond donors (Lipinski definition) is 2. The van der Waals surface area contributed by atoms with Crippen molar-refractivity contribution in [2.45, 2.75) is 25.9 Å². The molecule has 0 spiro atoms. The van der Waals surface area contributed by atoms with Crippen LogP contribution in [0.15, 0.2) is 24.3 Å². The van der Waals surface area contributed by atoms with Gasteiger partial charge in [0.1, 0.15) is 0 Å². The molecule has 2 aliphatic heterocycles. The molecule has 1 aromatic carbocycles. The number of carbonyl (C=O) groups excluding carboxylic acids is 2. The summed E-state index contributed by atoms with van der Waals surface area (Å²) in [5.41, 5.74) is 2.50. The Kier molecular flexibility index (Phi) is 6.45. The number of rotatable bonds is 2. The molecular weight excluding hydrogens is 328 g/mol. The maximum atomic E-state index is 12.3. The van der Waals surface area contributed by atoms with Gasteiger partial charge in [0.2, 0.25) is 5.91 Å². The van der Waals surface area contributed by atoms with E-state index in [-0.39, 0.29) is 36.9 Å². The van der Waals surface area contributed by atoms with Gasteiger partial charge in [0.15, 0.2) is 0 Å². The first kappa shape index (κ1) is 18.5. The average Bonchev–Trinajstić information content (AvgIpc) is 2.59. The number of fused-ring (bicyclic) bond motifs is 1. The van der Waals surface area contributed by atoms with Crippen molar-refractivity contribution in [2.24, 2.45) is 0 Å². The third-order valence-corrected chi connectivity index (χ3v) is 4.63. The SMILES string of the molecule is C[C@@H]1CNCCN1C(=O)CNC(=O)N1CCc2ccccc2C1.Cl. The van der Waals surface area contributed by atoms with Crippen LogP contribution in [0.25, 0.3) is 0 Å². The Balaban J connectivity index is 0.00000208. The minimum absolute atomic E-state index is 0. The van der Waals surface area contributed by atoms with Crippen LogP contribution in [0.3, 0.4) is 0 Å². The Morgan fingerprint density at radius 1 is 1.25 bits per heavy atom. The number of nitrogens with one attached hydrogen (secondary N) is 2. The zero-order valence-corrected chi connectivity index (χ0v) is 14.8. The summed E-state index contributed by atoms with van der Waals surface area (Å²) in [5, 5.41) is 6.03. The summed E-state index contributed by atoms with van der Waals surface area (Å²) in [6.07, 6.45) is 0.867. The van der Waals surface area contributed by atoms with Crippen molar-refractivity contribution in [3.05, 3.63) is 35.4 Å². The summed E-state index contributed by atoms with van der Waals surface area (Å²) in [5.74, 6) is -0.00948. The van der Waals surface area contributed by atoms with E-state index < -0.39 is 0 Å². The van der Waals surface area contributed by atoms with E-state index in [1.807, 2.05) is 24.0 Å². The molecule has 6 nitrogen and oxygen atoms in total. The topological polar surface area (TPSA) is 64.7 Å². The molecule has 1 aromatic rings. The molecular formula is C17H25ClN4O2. The molecule has 2 N–H and O–H groups in total. The predicted molar refractivity (Wildman–Crippen MR) is 95.2 cm³/mol. The van der Waals surface area contributed by atoms with Crippen LogP contribution < -0.4 is 10.6 Å². The largest absolute Gasteiger partial charge is 0.336 e. The van der Waals surface area contributed by atoms with Crippen LogP contribution >= 0.6 is 12.4 Å². The first-order chi connectivity index (χ1) is 11.1. The molecule has 1 atom stereocenters. The summed E-state index contributed by atoms with van der Waals surface area (Å²) in [6.45, 7) is 5.72. The highest BCUT2D eigenvalue weighted by atomic mass is 35.5. The van der Waals surface area contributed by atoms with Crippen molar-refractivity contribution in [3.8, 4) is 0 Å². The second kappa shape index (κ2) is 8.35. The maximum absolute atomic E-state index is 12.3. The number of carbonyl (C=O) groups is 2. The van der Waals surface area contributed by atoms with E-state index in [9.17, 15) is 9.59 Å². The van der Waals surface area contributed by atoms with Crippen molar-refractivity contribution >= 4 is 24.3 Å². The van der Waals surface area contributed by atoms with Gasteiger partial charge in [-0.15, -0.1) is 12.4 Å². The van der Waals surface area contributed by atoms with Gasteiger partial charge < -0.3 is 20.4 Å². The van der Waals surface area contributed by atoms with Gasteiger partial charge >= 0.3 is 6.03 Å². The van der Waals surface area contributed by atoms with E-state index in [1.54, 1.807) is 4.90 Å². The Labute approximate surface area is 149 Å². The highest BCUT2D eigenvalue weighted by molar-refractivity contribution is 5.85. The number of hydrogen-bond acceptors (Lipinski definition) is 3. The van der Waals surface area contributed by atoms with Gasteiger partial charge in [0, 0.05) is 38.8 Å². The fraction of sp³-hybridized carbons (Fsp3) is 0.529. The minimum Gasteiger partial charge on any atom is -0.336 e. The Morgan fingerprint density at radius 2 is 2.00 bits per heavy atom. The lowest BCUT2D eigenvalue weighted by atomic mass is 10.0. The van der Waals surface area contributed by atoms with Crippen LogP contribution in [-0.2, 0) is 17.8 Å². The molecule has 0 aliphatic carbocycles. The molecule has 1 saturated heterocycles. The average molecular weight is 353 g/mol. The molecule has 0 unspecified atom stereocenters. The number of amides is 3. The molecule has 3 amide bonds. The van der Waals surface area contributed by atoms with Gasteiger partial charge in [-0.2, -0.15) is 0 Å². The molecule has 132 valence electrons. The second-order valence-corrected chi connectivity index (χ2v) is 6.24. The van der Waals surface area contributed by atoms with Crippen LogP contribution in [0.1, 0.15) is 18.1 Å². The Hall–Kier alpha value is -1.79. The van der Waals surface area contributed by atoms with Gasteiger partial charge in [0.25, 0.3) is 0 Å². The third kappa shape index (κ3) is 4.19. The molecule has 24 heavy (non-hydrogen) atoms. The number of urea groups is 1. The molecule has 3 rings (SSSR count). The summed E-state index contributed by atoms with van der Waals surface area (Å²) in [7, 11) is 0. The molecule has 0 bridgehead atoms. The minimum atomic E-state index is -0.157. The quantitative estimate of drug-likeness (QED) is 0.834. The van der Waals surface area contributed by atoms with Crippen molar-refractivity contribution in [1.29, 1.82) is 0 Å². The van der Waals surface area contributed by atoms with Gasteiger partial charge in [-0.25, -0.2) is 4.79 Å². The molecule has 2 heterocycles. The lowest BCUT2D eigenvalue weighted by Gasteiger charge is -2.34. The van der Waals surface area contributed by atoms with Crippen molar-refractivity contribution in [1.82, 2.24) is 20.4 Å². The van der Waals surface area contributed by atoms with Crippen LogP contribution in [-0.4, -0.2) is 60.5 Å². The summed E-state index contributed by atoms with van der Waals surface area (Å²) >= 11 is 0. The van der Waals surface area contributed by atoms with E-state index in [0.29, 0.717) is 19.6 Å². The van der Waals surface area contributed by atoms with Crippen LogP contribution in [0.4, 0.5) is 4.79 Å². The first-order valence-electron chi connectivity index (χ1n) is 8.25. The normalized spacial score (nSPS) is 20.0. The van der Waals surface area contributed by atoms with E-state index >= 15 is 0 Å². The van der Waals surface area contributed by atoms with Gasteiger partial charge in [-0.1, -0.05) is 24.3 Å². The maximum Gasteiger partial charge on any atom is 0.318 e. The molecule has 1 fully saturated rings. The lowest BCUT2D eigenvalue weighted by Crippen LogP contribution is -2.55. The van der Waals surface area contributed by atoms with E-state index in [4.69, 9.17) is 0 Å². The second-order valence-electron chi connectivity index (χ2n) is 6.24. The number of halogens is 1. The van der Waals surface area contributed by atoms with Crippen molar-refractivity contribution in [2.75, 3.05) is 32.7 Å². The monoisotopic (exact) mass is 352 g/mol. The number of piperazine rings is 1. The smallest absolute Gasteiger partial charge is 0.318 e. The highest BCUT2D eigenvalue weighted by Crippen LogP contribution is 2.18. The predicted octanol–water partition coefficient (Wildman–Crippen LogP) is 0.996. The molecule has 0 aromatic heterocycles. The molecule has 2 aliphatic rings. The van der Waals surface area contributed by atoms with Gasteiger partial charge in [-0.3, -0.25) is 4.79 Å². The van der Waals surface area contributed by atoms with Crippen LogP contribution in [0, 0.1) is 0 Å². The third-order valence-electron chi connectivity index (χ3n) is 4.63. The number of nitrogens with zero attached hydrogens (tertiary/aromatic N) is 2. The number of benzene rings is 1. The molecule has 0 radical (unpaired) electrons. The van der Waals surface area contributed by atoms with Gasteiger partial charge in [0.05, 0.1) is 6.54 Å². The first-order valence-corrected chi connectivity index (χ1v) is 8.25. The van der Waals surface area contributed by atoms with Crippen molar-refractivity contribution in [3.63, 3.8) is 0 Å². The molecule has 0 saturated carbocycles. The van der Waals surface area contributed by atoms with E-state index in [2.05, 4.69) is 22.8 Å². The summed E-state index contributed by atoms with van der Waals surface area (Å²) in [6, 6.07) is 8.21. The standard InChI is InChI=1S/C17H24N4O2.ClH/c1-13-10-18-7-9-21(13)16(22)11-19-17(23)20-8-6-14-4-2-3-5-15(14)12-20;/h2-5,13,18H,6-12H2,1H3,(H,19,23);1H/t13-;/m1./s1. The zero-order valence-electron chi connectivity index (χ0n) is 14.0. The van der Waals surface area contributed by atoms with Crippen LogP contribution in [0.5, 0.6) is 0 Å². The fourth-order valence-corrected chi connectivity index (χ4v) is 3.25. The molecule has 7 heteroatoms. The van der Waals surface area contributed by atoms with Gasteiger partial charge in [-0.05, 0) is 24.5 Å². The highest BCUT2D eigenvalue weighted by Gasteiger charge is 2.25. The summed E-state index contributed by atoms with van der Waals surface area (Å²) < 4.78 is 0. The Morgan fingerprint density at radius 3 is 2.75 bits per heavy atom. The van der Waals surface area contributed by atoms with E-state index in [1.165, 1.54) is 11.1 Å².